The van der Waals surface area contributed by atoms with Gasteiger partial charge in [0.1, 0.15) is 5.76 Å². The van der Waals surface area contributed by atoms with Crippen molar-refractivity contribution in [2.75, 3.05) is 6.54 Å². The molecular formula is C24H32N2O2. The zero-order chi connectivity index (χ0) is 20.5. The SMILES string of the molecule is CCC/C(O)=C1\C(=O)CC(C)(C)CC1=NCCc1c(C)[nH]c2ccc(C)cc12. The van der Waals surface area contributed by atoms with E-state index in [0.717, 1.165) is 30.5 Å². The van der Waals surface area contributed by atoms with Crippen molar-refractivity contribution in [1.29, 1.82) is 0 Å². The monoisotopic (exact) mass is 380 g/mol. The van der Waals surface area contributed by atoms with Gasteiger partial charge in [0.15, 0.2) is 5.78 Å². The molecule has 0 amide bonds. The molecule has 0 aliphatic heterocycles. The molecule has 0 saturated heterocycles. The van der Waals surface area contributed by atoms with Crippen LogP contribution in [0.1, 0.15) is 63.3 Å². The lowest BCUT2D eigenvalue weighted by Crippen LogP contribution is -2.33. The third-order valence-electron chi connectivity index (χ3n) is 5.57. The third kappa shape index (κ3) is 4.21. The van der Waals surface area contributed by atoms with Gasteiger partial charge in [-0.1, -0.05) is 32.4 Å². The lowest BCUT2D eigenvalue weighted by atomic mass is 9.73. The van der Waals surface area contributed by atoms with E-state index in [9.17, 15) is 9.90 Å². The van der Waals surface area contributed by atoms with Gasteiger partial charge in [0.2, 0.25) is 0 Å². The van der Waals surface area contributed by atoms with Crippen LogP contribution in [-0.2, 0) is 11.2 Å². The normalized spacial score (nSPS) is 20.2. The molecule has 4 heteroatoms. The van der Waals surface area contributed by atoms with Crippen molar-refractivity contribution in [2.24, 2.45) is 10.4 Å². The Morgan fingerprint density at radius 2 is 2.00 bits per heavy atom. The number of benzene rings is 1. The van der Waals surface area contributed by atoms with Crippen molar-refractivity contribution in [3.8, 4) is 0 Å². The molecule has 150 valence electrons. The fourth-order valence-electron chi connectivity index (χ4n) is 4.23. The molecule has 0 atom stereocenters. The second kappa shape index (κ2) is 7.94. The number of aryl methyl sites for hydroxylation is 2. The molecule has 1 aromatic heterocycles. The van der Waals surface area contributed by atoms with Crippen molar-refractivity contribution in [1.82, 2.24) is 4.98 Å². The van der Waals surface area contributed by atoms with Crippen LogP contribution in [0, 0.1) is 19.3 Å². The highest BCUT2D eigenvalue weighted by Gasteiger charge is 2.35. The van der Waals surface area contributed by atoms with Gasteiger partial charge in [0.25, 0.3) is 0 Å². The lowest BCUT2D eigenvalue weighted by Gasteiger charge is -2.31. The number of Topliss-reactive ketones (excluding diaryl/α,β-unsaturated/α-hetero) is 1. The number of aromatic nitrogens is 1. The molecule has 0 radical (unpaired) electrons. The molecule has 3 rings (SSSR count). The number of aliphatic hydroxyl groups is 1. The van der Waals surface area contributed by atoms with E-state index in [0.29, 0.717) is 25.0 Å². The number of aliphatic imine (C=N–C) groups is 1. The van der Waals surface area contributed by atoms with Crippen LogP contribution in [0.15, 0.2) is 34.5 Å². The maximum Gasteiger partial charge on any atom is 0.168 e. The highest BCUT2D eigenvalue weighted by atomic mass is 16.3. The summed E-state index contributed by atoms with van der Waals surface area (Å²) >= 11 is 0. The van der Waals surface area contributed by atoms with Crippen molar-refractivity contribution in [2.45, 2.75) is 66.7 Å². The van der Waals surface area contributed by atoms with Crippen LogP contribution in [0.2, 0.25) is 0 Å². The van der Waals surface area contributed by atoms with E-state index in [1.165, 1.54) is 22.2 Å². The van der Waals surface area contributed by atoms with Crippen LogP contribution in [-0.4, -0.2) is 28.1 Å². The Bertz CT molecular complexity index is 960. The minimum Gasteiger partial charge on any atom is -0.511 e. The summed E-state index contributed by atoms with van der Waals surface area (Å²) in [5, 5.41) is 11.7. The number of hydrogen-bond donors (Lipinski definition) is 2. The van der Waals surface area contributed by atoms with Gasteiger partial charge in [0, 0.05) is 41.7 Å². The summed E-state index contributed by atoms with van der Waals surface area (Å²) in [6.45, 7) is 11.0. The molecule has 1 aromatic carbocycles. The van der Waals surface area contributed by atoms with Crippen LogP contribution in [0.25, 0.3) is 10.9 Å². The van der Waals surface area contributed by atoms with Gasteiger partial charge in [-0.25, -0.2) is 0 Å². The molecular weight excluding hydrogens is 348 g/mol. The number of allylic oxidation sites excluding steroid dienone is 2. The number of carbonyl (C=O) groups excluding carboxylic acids is 1. The van der Waals surface area contributed by atoms with Crippen molar-refractivity contribution in [3.05, 3.63) is 46.4 Å². The predicted octanol–water partition coefficient (Wildman–Crippen LogP) is 5.77. The van der Waals surface area contributed by atoms with Gasteiger partial charge in [-0.05, 0) is 56.2 Å². The molecule has 2 aromatic rings. The molecule has 0 bridgehead atoms. The molecule has 0 spiro atoms. The summed E-state index contributed by atoms with van der Waals surface area (Å²) in [7, 11) is 0. The van der Waals surface area contributed by atoms with E-state index < -0.39 is 0 Å². The molecule has 1 fully saturated rings. The van der Waals surface area contributed by atoms with Crippen LogP contribution in [0.5, 0.6) is 0 Å². The van der Waals surface area contributed by atoms with Gasteiger partial charge in [-0.15, -0.1) is 0 Å². The van der Waals surface area contributed by atoms with E-state index >= 15 is 0 Å². The van der Waals surface area contributed by atoms with Crippen LogP contribution in [0.3, 0.4) is 0 Å². The summed E-state index contributed by atoms with van der Waals surface area (Å²) in [5.74, 6) is 0.237. The molecule has 0 unspecified atom stereocenters. The van der Waals surface area contributed by atoms with Gasteiger partial charge >= 0.3 is 0 Å². The second-order valence-electron chi connectivity index (χ2n) is 8.87. The summed E-state index contributed by atoms with van der Waals surface area (Å²) in [4.78, 5) is 21.0. The summed E-state index contributed by atoms with van der Waals surface area (Å²) < 4.78 is 0. The number of hydrogen-bond acceptors (Lipinski definition) is 3. The first-order valence-corrected chi connectivity index (χ1v) is 10.3. The topological polar surface area (TPSA) is 65.4 Å². The van der Waals surface area contributed by atoms with E-state index in [2.05, 4.69) is 50.9 Å². The minimum absolute atomic E-state index is 0.0276. The van der Waals surface area contributed by atoms with Crippen molar-refractivity contribution in [3.63, 3.8) is 0 Å². The highest BCUT2D eigenvalue weighted by Crippen LogP contribution is 2.36. The van der Waals surface area contributed by atoms with Crippen LogP contribution in [0.4, 0.5) is 0 Å². The van der Waals surface area contributed by atoms with Crippen LogP contribution >= 0.6 is 0 Å². The Morgan fingerprint density at radius 3 is 2.71 bits per heavy atom. The average molecular weight is 381 g/mol. The Kier molecular flexibility index (Phi) is 5.78. The van der Waals surface area contributed by atoms with Gasteiger partial charge in [0.05, 0.1) is 5.57 Å². The Morgan fingerprint density at radius 1 is 1.25 bits per heavy atom. The fourth-order valence-corrected chi connectivity index (χ4v) is 4.23. The smallest absolute Gasteiger partial charge is 0.168 e. The quantitative estimate of drug-likeness (QED) is 0.511. The first-order chi connectivity index (χ1) is 13.2. The third-order valence-corrected chi connectivity index (χ3v) is 5.57. The van der Waals surface area contributed by atoms with Crippen molar-refractivity contribution < 1.29 is 9.90 Å². The fraction of sp³-hybridized carbons (Fsp3) is 0.500. The zero-order valence-electron chi connectivity index (χ0n) is 17.8. The number of ketones is 1. The van der Waals surface area contributed by atoms with Gasteiger partial charge in [-0.2, -0.15) is 0 Å². The number of carbonyl (C=O) groups is 1. The van der Waals surface area contributed by atoms with Crippen molar-refractivity contribution >= 4 is 22.4 Å². The molecule has 2 N–H and O–H groups in total. The summed E-state index contributed by atoms with van der Waals surface area (Å²) in [6, 6.07) is 6.46. The summed E-state index contributed by atoms with van der Waals surface area (Å²) in [5.41, 5.74) is 6.00. The number of nitrogens with one attached hydrogen (secondary N) is 1. The van der Waals surface area contributed by atoms with Gasteiger partial charge in [-0.3, -0.25) is 9.79 Å². The van der Waals surface area contributed by atoms with E-state index in [4.69, 9.17) is 4.99 Å². The Hall–Kier alpha value is -2.36. The number of aromatic amines is 1. The molecule has 1 saturated carbocycles. The summed E-state index contributed by atoms with van der Waals surface area (Å²) in [6.07, 6.45) is 3.35. The maximum absolute atomic E-state index is 12.7. The van der Waals surface area contributed by atoms with Crippen LogP contribution < -0.4 is 0 Å². The molecule has 1 aliphatic rings. The number of nitrogens with zero attached hydrogens (tertiary/aromatic N) is 1. The zero-order valence-corrected chi connectivity index (χ0v) is 17.8. The number of aliphatic hydroxyl groups excluding tert-OH is 1. The van der Waals surface area contributed by atoms with E-state index in [1.807, 2.05) is 6.92 Å². The highest BCUT2D eigenvalue weighted by molar-refractivity contribution is 6.24. The van der Waals surface area contributed by atoms with E-state index in [1.54, 1.807) is 0 Å². The number of H-pyrrole nitrogens is 1. The molecule has 1 aliphatic carbocycles. The predicted molar refractivity (Wildman–Crippen MR) is 116 cm³/mol. The Labute approximate surface area is 167 Å². The number of rotatable bonds is 5. The number of fused-ring (bicyclic) bond motifs is 1. The van der Waals surface area contributed by atoms with E-state index in [-0.39, 0.29) is 17.0 Å². The first-order valence-electron chi connectivity index (χ1n) is 10.3. The standard InChI is InChI=1S/C24H32N2O2/c1-6-7-21(27)23-20(13-24(4,5)14-22(23)28)25-11-10-17-16(3)26-19-9-8-15(2)12-18(17)19/h8-9,12,26-27H,6-7,10-11,13-14H2,1-5H3/b23-21+,25-20?. The van der Waals surface area contributed by atoms with Gasteiger partial charge < -0.3 is 10.1 Å². The lowest BCUT2D eigenvalue weighted by molar-refractivity contribution is -0.117. The maximum atomic E-state index is 12.7. The largest absolute Gasteiger partial charge is 0.511 e. The molecule has 4 nitrogen and oxygen atoms in total. The first kappa shape index (κ1) is 20.4. The molecule has 1 heterocycles. The Balaban J connectivity index is 1.89. The second-order valence-corrected chi connectivity index (χ2v) is 8.87. The average Bonchev–Trinajstić information content (AvgIpc) is 2.89. The molecule has 28 heavy (non-hydrogen) atoms. The minimum atomic E-state index is -0.111.